The van der Waals surface area contributed by atoms with E-state index < -0.39 is 0 Å². The third-order valence-corrected chi connectivity index (χ3v) is 2.48. The minimum atomic E-state index is 0.625. The summed E-state index contributed by atoms with van der Waals surface area (Å²) < 4.78 is 5.51. The Kier molecular flexibility index (Phi) is 2.81. The number of hydrogen-bond donors (Lipinski definition) is 2. The topological polar surface area (TPSA) is 64.3 Å². The summed E-state index contributed by atoms with van der Waals surface area (Å²) in [5, 5.41) is 3.07. The Bertz CT molecular complexity index is 449. The van der Waals surface area contributed by atoms with Crippen molar-refractivity contribution in [1.82, 2.24) is 0 Å². The third-order valence-electron chi connectivity index (χ3n) is 2.48. The van der Waals surface area contributed by atoms with Crippen molar-refractivity contribution in [2.45, 2.75) is 13.3 Å². The highest BCUT2D eigenvalue weighted by Gasteiger charge is 2.19. The zero-order chi connectivity index (χ0) is 11.5. The predicted molar refractivity (Wildman–Crippen MR) is 62.6 cm³/mol. The maximum Gasteiger partial charge on any atom is 0.150 e. The summed E-state index contributed by atoms with van der Waals surface area (Å²) in [5.41, 5.74) is 8.75. The number of benzene rings is 1. The number of nitrogens with one attached hydrogen (secondary N) is 1. The van der Waals surface area contributed by atoms with E-state index in [1.807, 2.05) is 6.07 Å². The second-order valence-electron chi connectivity index (χ2n) is 3.76. The van der Waals surface area contributed by atoms with Crippen LogP contribution >= 0.6 is 0 Å². The summed E-state index contributed by atoms with van der Waals surface area (Å²) in [5.74, 6) is 0.766. The summed E-state index contributed by atoms with van der Waals surface area (Å²) in [6.07, 6.45) is 3.35. The summed E-state index contributed by atoms with van der Waals surface area (Å²) in [7, 11) is 0. The Morgan fingerprint density at radius 1 is 1.56 bits per heavy atom. The van der Waals surface area contributed by atoms with Crippen LogP contribution in [0.1, 0.15) is 22.8 Å². The van der Waals surface area contributed by atoms with Gasteiger partial charge in [-0.05, 0) is 19.1 Å². The van der Waals surface area contributed by atoms with Crippen molar-refractivity contribution in [3.63, 3.8) is 0 Å². The van der Waals surface area contributed by atoms with Crippen molar-refractivity contribution in [2.75, 3.05) is 11.9 Å². The second-order valence-corrected chi connectivity index (χ2v) is 3.76. The average Bonchev–Trinajstić information content (AvgIpc) is 2.74. The average molecular weight is 218 g/mol. The molecule has 2 rings (SSSR count). The lowest BCUT2D eigenvalue weighted by molar-refractivity contribution is 0.112. The van der Waals surface area contributed by atoms with Crippen LogP contribution in [0.3, 0.4) is 0 Å². The van der Waals surface area contributed by atoms with Gasteiger partial charge in [-0.3, -0.25) is 4.79 Å². The van der Waals surface area contributed by atoms with Crippen LogP contribution in [0.5, 0.6) is 5.75 Å². The Labute approximate surface area is 94.1 Å². The van der Waals surface area contributed by atoms with Gasteiger partial charge in [-0.15, -0.1) is 0 Å². The van der Waals surface area contributed by atoms with E-state index in [1.54, 1.807) is 19.2 Å². The Morgan fingerprint density at radius 3 is 3.06 bits per heavy atom. The number of fused-ring (bicyclic) bond motifs is 1. The predicted octanol–water partition coefficient (Wildman–Crippen LogP) is 1.67. The molecule has 1 aromatic rings. The van der Waals surface area contributed by atoms with Crippen molar-refractivity contribution in [3.8, 4) is 5.75 Å². The molecule has 0 saturated heterocycles. The van der Waals surface area contributed by atoms with Crippen LogP contribution in [0.2, 0.25) is 0 Å². The second kappa shape index (κ2) is 4.26. The number of carbonyl (C=O) groups excluding carboxylic acids is 1. The maximum atomic E-state index is 10.8. The number of aldehydes is 1. The molecule has 1 aliphatic rings. The first-order valence-electron chi connectivity index (χ1n) is 5.15. The Hall–Kier alpha value is -1.97. The van der Waals surface area contributed by atoms with Gasteiger partial charge in [-0.2, -0.15) is 0 Å². The molecule has 4 nitrogen and oxygen atoms in total. The molecule has 16 heavy (non-hydrogen) atoms. The molecular formula is C12H14N2O2. The molecule has 1 heterocycles. The molecule has 0 radical (unpaired) electrons. The van der Waals surface area contributed by atoms with Gasteiger partial charge in [0.2, 0.25) is 0 Å². The first-order chi connectivity index (χ1) is 7.72. The lowest BCUT2D eigenvalue weighted by atomic mass is 10.1. The molecule has 0 unspecified atom stereocenters. The molecule has 0 saturated carbocycles. The zero-order valence-electron chi connectivity index (χ0n) is 9.12. The van der Waals surface area contributed by atoms with Gasteiger partial charge in [-0.25, -0.2) is 0 Å². The first kappa shape index (κ1) is 10.5. The van der Waals surface area contributed by atoms with Gasteiger partial charge in [0.15, 0.2) is 0 Å². The molecule has 3 N–H and O–H groups in total. The molecule has 0 atom stereocenters. The van der Waals surface area contributed by atoms with E-state index in [-0.39, 0.29) is 0 Å². The van der Waals surface area contributed by atoms with E-state index in [1.165, 1.54) is 0 Å². The fourth-order valence-electron chi connectivity index (χ4n) is 1.74. The smallest absolute Gasteiger partial charge is 0.150 e. The van der Waals surface area contributed by atoms with E-state index >= 15 is 0 Å². The van der Waals surface area contributed by atoms with E-state index in [0.717, 1.165) is 29.7 Å². The molecule has 1 aliphatic heterocycles. The molecule has 1 aromatic carbocycles. The van der Waals surface area contributed by atoms with Gasteiger partial charge < -0.3 is 15.8 Å². The van der Waals surface area contributed by atoms with Gasteiger partial charge in [0.05, 0.1) is 12.3 Å². The molecular weight excluding hydrogens is 204 g/mol. The van der Waals surface area contributed by atoms with Crippen molar-refractivity contribution < 1.29 is 9.53 Å². The standard InChI is InChI=1S/C12H14N2O2/c1-8(13)6-14-11-3-2-9(7-15)10-4-5-16-12(10)11/h2-3,6-7,14H,4-5,13H2,1H3/b8-6-. The summed E-state index contributed by atoms with van der Waals surface area (Å²) in [4.78, 5) is 10.8. The third kappa shape index (κ3) is 1.86. The van der Waals surface area contributed by atoms with Crippen LogP contribution in [0.4, 0.5) is 5.69 Å². The van der Waals surface area contributed by atoms with Crippen molar-refractivity contribution in [1.29, 1.82) is 0 Å². The van der Waals surface area contributed by atoms with Crippen LogP contribution in [0.25, 0.3) is 0 Å². The molecule has 0 amide bonds. The van der Waals surface area contributed by atoms with Crippen LogP contribution in [-0.2, 0) is 6.42 Å². The number of nitrogens with two attached hydrogens (primary N) is 1. The minimum Gasteiger partial charge on any atom is -0.491 e. The van der Waals surface area contributed by atoms with Crippen molar-refractivity contribution >= 4 is 12.0 Å². The summed E-state index contributed by atoms with van der Waals surface area (Å²) in [6.45, 7) is 2.42. The highest BCUT2D eigenvalue weighted by molar-refractivity contribution is 5.82. The van der Waals surface area contributed by atoms with Crippen molar-refractivity contribution in [2.24, 2.45) is 5.73 Å². The molecule has 0 bridgehead atoms. The number of hydrogen-bond acceptors (Lipinski definition) is 4. The Morgan fingerprint density at radius 2 is 2.38 bits per heavy atom. The minimum absolute atomic E-state index is 0.625. The monoisotopic (exact) mass is 218 g/mol. The fraction of sp³-hybridized carbons (Fsp3) is 0.250. The van der Waals surface area contributed by atoms with Gasteiger partial charge in [-0.1, -0.05) is 0 Å². The number of carbonyl (C=O) groups is 1. The lowest BCUT2D eigenvalue weighted by Crippen LogP contribution is -1.99. The molecule has 0 aromatic heterocycles. The van der Waals surface area contributed by atoms with Crippen LogP contribution in [0.15, 0.2) is 24.0 Å². The van der Waals surface area contributed by atoms with Gasteiger partial charge >= 0.3 is 0 Å². The molecule has 84 valence electrons. The summed E-state index contributed by atoms with van der Waals surface area (Å²) >= 11 is 0. The number of rotatable bonds is 3. The van der Waals surface area contributed by atoms with E-state index in [0.29, 0.717) is 17.9 Å². The fourth-order valence-corrected chi connectivity index (χ4v) is 1.74. The van der Waals surface area contributed by atoms with Gasteiger partial charge in [0, 0.05) is 29.4 Å². The highest BCUT2D eigenvalue weighted by Crippen LogP contribution is 2.35. The van der Waals surface area contributed by atoms with Crippen LogP contribution < -0.4 is 15.8 Å². The first-order valence-corrected chi connectivity index (χ1v) is 5.15. The lowest BCUT2D eigenvalue weighted by Gasteiger charge is -2.09. The van der Waals surface area contributed by atoms with E-state index in [2.05, 4.69) is 5.32 Å². The molecule has 0 spiro atoms. The van der Waals surface area contributed by atoms with Crippen LogP contribution in [-0.4, -0.2) is 12.9 Å². The van der Waals surface area contributed by atoms with E-state index in [9.17, 15) is 4.79 Å². The quantitative estimate of drug-likeness (QED) is 0.757. The number of ether oxygens (including phenoxy) is 1. The Balaban J connectivity index is 2.38. The van der Waals surface area contributed by atoms with Crippen molar-refractivity contribution in [3.05, 3.63) is 35.2 Å². The van der Waals surface area contributed by atoms with E-state index in [4.69, 9.17) is 10.5 Å². The number of allylic oxidation sites excluding steroid dienone is 1. The van der Waals surface area contributed by atoms with Gasteiger partial charge in [0.25, 0.3) is 0 Å². The highest BCUT2D eigenvalue weighted by atomic mass is 16.5. The molecule has 4 heteroatoms. The zero-order valence-corrected chi connectivity index (χ0v) is 9.12. The van der Waals surface area contributed by atoms with Crippen LogP contribution in [0, 0.1) is 0 Å². The number of anilines is 1. The molecule has 0 aliphatic carbocycles. The largest absolute Gasteiger partial charge is 0.491 e. The maximum absolute atomic E-state index is 10.8. The van der Waals surface area contributed by atoms with Gasteiger partial charge in [0.1, 0.15) is 12.0 Å². The molecule has 0 fully saturated rings. The SMILES string of the molecule is C/C(N)=C/Nc1ccc(C=O)c2c1OCC2. The summed E-state index contributed by atoms with van der Waals surface area (Å²) in [6, 6.07) is 3.62. The normalized spacial score (nSPS) is 14.2.